The van der Waals surface area contributed by atoms with Crippen molar-refractivity contribution in [1.29, 1.82) is 0 Å². The highest BCUT2D eigenvalue weighted by Crippen LogP contribution is 2.29. The molecule has 7 heteroatoms. The Morgan fingerprint density at radius 3 is 2.92 bits per heavy atom. The van der Waals surface area contributed by atoms with Crippen LogP contribution in [0.25, 0.3) is 15.8 Å². The van der Waals surface area contributed by atoms with E-state index in [4.69, 9.17) is 9.97 Å². The van der Waals surface area contributed by atoms with Gasteiger partial charge >= 0.3 is 0 Å². The van der Waals surface area contributed by atoms with Crippen molar-refractivity contribution < 1.29 is 0 Å². The minimum Gasteiger partial charge on any atom is -0.367 e. The minimum atomic E-state index is 0.412. The van der Waals surface area contributed by atoms with Crippen molar-refractivity contribution in [2.45, 2.75) is 38.3 Å². The number of thiophene rings is 1. The summed E-state index contributed by atoms with van der Waals surface area (Å²) in [7, 11) is 0. The first-order chi connectivity index (χ1) is 12.8. The lowest BCUT2D eigenvalue weighted by Crippen LogP contribution is -2.23. The third-order valence-corrected chi connectivity index (χ3v) is 5.58. The zero-order valence-corrected chi connectivity index (χ0v) is 15.8. The van der Waals surface area contributed by atoms with Crippen molar-refractivity contribution in [2.24, 2.45) is 4.99 Å². The molecule has 3 heterocycles. The highest BCUT2D eigenvalue weighted by atomic mass is 32.1. The molecule has 136 valence electrons. The zero-order valence-electron chi connectivity index (χ0n) is 15.0. The minimum absolute atomic E-state index is 0.412. The molecular formula is C19H24N6S. The van der Waals surface area contributed by atoms with E-state index < -0.39 is 0 Å². The van der Waals surface area contributed by atoms with E-state index in [1.165, 1.54) is 12.8 Å². The quantitative estimate of drug-likeness (QED) is 0.517. The number of rotatable bonds is 7. The van der Waals surface area contributed by atoms with Gasteiger partial charge in [0, 0.05) is 24.2 Å². The Balaban J connectivity index is 1.67. The van der Waals surface area contributed by atoms with E-state index in [9.17, 15) is 0 Å². The summed E-state index contributed by atoms with van der Waals surface area (Å²) in [4.78, 5) is 13.7. The number of hydrogen-bond donors (Lipinski definition) is 3. The van der Waals surface area contributed by atoms with Gasteiger partial charge in [0.05, 0.1) is 10.2 Å². The second-order valence-electron chi connectivity index (χ2n) is 6.72. The van der Waals surface area contributed by atoms with Gasteiger partial charge in [0.15, 0.2) is 5.82 Å². The Bertz CT molecular complexity index is 858. The van der Waals surface area contributed by atoms with Gasteiger partial charge < -0.3 is 16.0 Å². The van der Waals surface area contributed by atoms with Crippen LogP contribution in [0, 0.1) is 0 Å². The Morgan fingerprint density at radius 1 is 1.35 bits per heavy atom. The first-order valence-electron chi connectivity index (χ1n) is 9.11. The molecule has 0 radical (unpaired) electrons. The molecule has 26 heavy (non-hydrogen) atoms. The maximum absolute atomic E-state index is 4.85. The molecule has 0 aromatic carbocycles. The number of aliphatic imine (C=N–C) groups is 1. The Kier molecular flexibility index (Phi) is 4.99. The van der Waals surface area contributed by atoms with Crippen molar-refractivity contribution in [3.05, 3.63) is 35.2 Å². The molecule has 2 aromatic rings. The molecule has 6 nitrogen and oxygen atoms in total. The van der Waals surface area contributed by atoms with Crippen LogP contribution >= 0.6 is 11.3 Å². The molecule has 0 spiro atoms. The summed E-state index contributed by atoms with van der Waals surface area (Å²) >= 11 is 1.68. The zero-order chi connectivity index (χ0) is 17.9. The number of nitrogens with one attached hydrogen (secondary N) is 3. The van der Waals surface area contributed by atoms with Gasteiger partial charge in [-0.25, -0.2) is 15.0 Å². The van der Waals surface area contributed by atoms with Gasteiger partial charge in [0.1, 0.15) is 11.6 Å². The number of hydrogen-bond acceptors (Lipinski definition) is 7. The second kappa shape index (κ2) is 7.55. The lowest BCUT2D eigenvalue weighted by molar-refractivity contribution is 0.788. The average molecular weight is 369 g/mol. The average Bonchev–Trinajstić information content (AvgIpc) is 3.10. The van der Waals surface area contributed by atoms with Crippen LogP contribution in [0.5, 0.6) is 0 Å². The molecular weight excluding hydrogens is 344 g/mol. The molecule has 1 aliphatic carbocycles. The Labute approximate surface area is 157 Å². The molecule has 0 bridgehead atoms. The normalized spacial score (nSPS) is 21.2. The lowest BCUT2D eigenvalue weighted by atomic mass is 10.2. The first kappa shape index (κ1) is 17.2. The molecule has 2 aliphatic rings. The number of nitrogens with zero attached hydrogens (tertiary/aromatic N) is 3. The predicted molar refractivity (Wildman–Crippen MR) is 110 cm³/mol. The molecule has 3 N–H and O–H groups in total. The van der Waals surface area contributed by atoms with E-state index in [1.807, 2.05) is 19.1 Å². The maximum atomic E-state index is 4.85. The maximum Gasteiger partial charge on any atom is 0.162 e. The SMILES string of the molecule is C=N/C(=C\C(=C/C)c1nc(N[C@@H]2CCNC2)c2sccc2n1)NC1CC1. The Morgan fingerprint density at radius 2 is 2.23 bits per heavy atom. The lowest BCUT2D eigenvalue weighted by Gasteiger charge is -2.14. The van der Waals surface area contributed by atoms with E-state index in [2.05, 4.69) is 39.1 Å². The largest absolute Gasteiger partial charge is 0.367 e. The molecule has 0 amide bonds. The number of fused-ring (bicyclic) bond motifs is 1. The van der Waals surface area contributed by atoms with Crippen molar-refractivity contribution in [1.82, 2.24) is 20.6 Å². The van der Waals surface area contributed by atoms with Crippen LogP contribution < -0.4 is 16.0 Å². The van der Waals surface area contributed by atoms with Crippen molar-refractivity contribution in [3.63, 3.8) is 0 Å². The van der Waals surface area contributed by atoms with E-state index in [0.717, 1.165) is 46.9 Å². The van der Waals surface area contributed by atoms with Gasteiger partial charge in [-0.3, -0.25) is 0 Å². The highest BCUT2D eigenvalue weighted by Gasteiger charge is 2.22. The first-order valence-corrected chi connectivity index (χ1v) is 9.99. The standard InChI is InChI=1S/C19H24N6S/c1-3-12(10-16(20-2)22-13-4-5-13)18-24-15-7-9-26-17(15)19(25-18)23-14-6-8-21-11-14/h3,7,9-10,13-14,21-22H,2,4-6,8,11H2,1H3,(H,23,24,25)/b12-3+,16-10+/t14-/m1/s1. The summed E-state index contributed by atoms with van der Waals surface area (Å²) in [5.74, 6) is 2.42. The van der Waals surface area contributed by atoms with E-state index in [-0.39, 0.29) is 0 Å². The summed E-state index contributed by atoms with van der Waals surface area (Å²) in [5, 5.41) is 12.4. The monoisotopic (exact) mass is 368 g/mol. The fraction of sp³-hybridized carbons (Fsp3) is 0.421. The van der Waals surface area contributed by atoms with Gasteiger partial charge in [0.2, 0.25) is 0 Å². The summed E-state index contributed by atoms with van der Waals surface area (Å²) < 4.78 is 1.11. The molecule has 1 saturated carbocycles. The number of aromatic nitrogens is 2. The Hall–Kier alpha value is -2.25. The smallest absolute Gasteiger partial charge is 0.162 e. The summed E-state index contributed by atoms with van der Waals surface area (Å²) in [5.41, 5.74) is 1.92. The fourth-order valence-corrected chi connectivity index (χ4v) is 3.84. The van der Waals surface area contributed by atoms with Gasteiger partial charge in [-0.15, -0.1) is 11.3 Å². The summed E-state index contributed by atoms with van der Waals surface area (Å²) in [6, 6.07) is 2.99. The van der Waals surface area contributed by atoms with E-state index in [1.54, 1.807) is 11.3 Å². The van der Waals surface area contributed by atoms with Crippen LogP contribution in [0.4, 0.5) is 5.82 Å². The van der Waals surface area contributed by atoms with Crippen LogP contribution in [0.1, 0.15) is 32.0 Å². The second-order valence-corrected chi connectivity index (χ2v) is 7.63. The molecule has 2 aromatic heterocycles. The topological polar surface area (TPSA) is 74.2 Å². The third-order valence-electron chi connectivity index (χ3n) is 4.67. The number of allylic oxidation sites excluding steroid dienone is 3. The predicted octanol–water partition coefficient (Wildman–Crippen LogP) is 3.16. The van der Waals surface area contributed by atoms with Gasteiger partial charge in [-0.1, -0.05) is 6.08 Å². The van der Waals surface area contributed by atoms with E-state index in [0.29, 0.717) is 17.9 Å². The van der Waals surface area contributed by atoms with Crippen molar-refractivity contribution >= 4 is 39.7 Å². The highest BCUT2D eigenvalue weighted by molar-refractivity contribution is 7.17. The van der Waals surface area contributed by atoms with Gasteiger partial charge in [-0.05, 0) is 57.0 Å². The van der Waals surface area contributed by atoms with Crippen LogP contribution in [0.3, 0.4) is 0 Å². The summed E-state index contributed by atoms with van der Waals surface area (Å²) in [6.45, 7) is 7.70. The summed E-state index contributed by atoms with van der Waals surface area (Å²) in [6.07, 6.45) is 7.50. The van der Waals surface area contributed by atoms with Crippen LogP contribution in [0.2, 0.25) is 0 Å². The van der Waals surface area contributed by atoms with Crippen molar-refractivity contribution in [2.75, 3.05) is 18.4 Å². The van der Waals surface area contributed by atoms with E-state index >= 15 is 0 Å². The van der Waals surface area contributed by atoms with Crippen LogP contribution in [-0.2, 0) is 0 Å². The molecule has 1 aliphatic heterocycles. The number of anilines is 1. The third kappa shape index (κ3) is 3.78. The molecule has 2 fully saturated rings. The fourth-order valence-electron chi connectivity index (χ4n) is 3.06. The van der Waals surface area contributed by atoms with Crippen LogP contribution in [-0.4, -0.2) is 41.9 Å². The van der Waals surface area contributed by atoms with Crippen LogP contribution in [0.15, 0.2) is 34.4 Å². The van der Waals surface area contributed by atoms with Crippen molar-refractivity contribution in [3.8, 4) is 0 Å². The van der Waals surface area contributed by atoms with Gasteiger partial charge in [-0.2, -0.15) is 0 Å². The molecule has 1 atom stereocenters. The molecule has 0 unspecified atom stereocenters. The molecule has 4 rings (SSSR count). The van der Waals surface area contributed by atoms with Gasteiger partial charge in [0.25, 0.3) is 0 Å². The molecule has 1 saturated heterocycles.